The minimum absolute atomic E-state index is 0.213. The SMILES string of the molecule is CSc1ncccc1C(=O)O.O=C(O)C1CCCCC1C(=O)Nc1cccnc1. The molecule has 0 aliphatic heterocycles. The molecule has 0 radical (unpaired) electrons. The van der Waals surface area contributed by atoms with Gasteiger partial charge in [-0.1, -0.05) is 12.8 Å². The van der Waals surface area contributed by atoms with E-state index in [-0.39, 0.29) is 11.5 Å². The lowest BCUT2D eigenvalue weighted by molar-refractivity contribution is -0.147. The summed E-state index contributed by atoms with van der Waals surface area (Å²) in [6.45, 7) is 0. The number of hydrogen-bond acceptors (Lipinski definition) is 6. The van der Waals surface area contributed by atoms with Crippen LogP contribution in [0.5, 0.6) is 0 Å². The van der Waals surface area contributed by atoms with E-state index in [9.17, 15) is 14.4 Å². The zero-order chi connectivity index (χ0) is 21.2. The first-order chi connectivity index (χ1) is 13.9. The van der Waals surface area contributed by atoms with E-state index in [1.165, 1.54) is 11.8 Å². The normalized spacial score (nSPS) is 18.1. The smallest absolute Gasteiger partial charge is 0.338 e. The number of rotatable bonds is 5. The molecule has 1 fully saturated rings. The van der Waals surface area contributed by atoms with E-state index in [0.29, 0.717) is 23.6 Å². The van der Waals surface area contributed by atoms with Crippen molar-refractivity contribution in [3.8, 4) is 0 Å². The number of carboxylic acids is 2. The first-order valence-corrected chi connectivity index (χ1v) is 10.3. The van der Waals surface area contributed by atoms with Gasteiger partial charge in [0.25, 0.3) is 0 Å². The van der Waals surface area contributed by atoms with Gasteiger partial charge in [-0.3, -0.25) is 14.6 Å². The van der Waals surface area contributed by atoms with E-state index in [1.54, 1.807) is 49.1 Å². The fourth-order valence-corrected chi connectivity index (χ4v) is 3.67. The Balaban J connectivity index is 0.000000234. The monoisotopic (exact) mass is 417 g/mol. The highest BCUT2D eigenvalue weighted by atomic mass is 32.2. The molecule has 9 heteroatoms. The molecule has 0 saturated heterocycles. The first kappa shape index (κ1) is 22.4. The average Bonchev–Trinajstić information content (AvgIpc) is 2.74. The van der Waals surface area contributed by atoms with Crippen LogP contribution < -0.4 is 5.32 Å². The Morgan fingerprint density at radius 2 is 1.76 bits per heavy atom. The van der Waals surface area contributed by atoms with E-state index in [1.807, 2.05) is 0 Å². The number of aromatic carboxylic acids is 1. The minimum Gasteiger partial charge on any atom is -0.481 e. The molecule has 154 valence electrons. The Labute approximate surface area is 172 Å². The maximum atomic E-state index is 12.1. The van der Waals surface area contributed by atoms with Crippen LogP contribution in [-0.2, 0) is 9.59 Å². The van der Waals surface area contributed by atoms with E-state index in [4.69, 9.17) is 10.2 Å². The van der Waals surface area contributed by atoms with Gasteiger partial charge in [-0.25, -0.2) is 9.78 Å². The molecular formula is C20H23N3O5S. The Kier molecular flexibility index (Phi) is 8.60. The summed E-state index contributed by atoms with van der Waals surface area (Å²) >= 11 is 1.33. The van der Waals surface area contributed by atoms with Gasteiger partial charge in [0, 0.05) is 12.4 Å². The Morgan fingerprint density at radius 1 is 1.07 bits per heavy atom. The number of carbonyl (C=O) groups excluding carboxylic acids is 1. The van der Waals surface area contributed by atoms with Crippen molar-refractivity contribution >= 4 is 35.3 Å². The lowest BCUT2D eigenvalue weighted by atomic mass is 9.78. The molecule has 2 aromatic heterocycles. The molecule has 2 unspecified atom stereocenters. The standard InChI is InChI=1S/C13H16N2O3.C7H7NO2S/c16-12(15-9-4-3-7-14-8-9)10-5-1-2-6-11(10)13(17)18;1-11-6-5(7(9)10)3-2-4-8-6/h3-4,7-8,10-11H,1-2,5-6H2,(H,15,16)(H,17,18);2-4H,1H3,(H,9,10). The third-order valence-corrected chi connectivity index (χ3v) is 5.26. The molecule has 2 atom stereocenters. The van der Waals surface area contributed by atoms with Crippen LogP contribution in [0.15, 0.2) is 47.9 Å². The van der Waals surface area contributed by atoms with Crippen LogP contribution in [0.1, 0.15) is 36.0 Å². The molecule has 8 nitrogen and oxygen atoms in total. The summed E-state index contributed by atoms with van der Waals surface area (Å²) in [6.07, 6.45) is 9.58. The Bertz CT molecular complexity index is 847. The van der Waals surface area contributed by atoms with E-state index in [0.717, 1.165) is 12.8 Å². The van der Waals surface area contributed by atoms with Gasteiger partial charge in [0.2, 0.25) is 5.91 Å². The Hall–Kier alpha value is -2.94. The van der Waals surface area contributed by atoms with Gasteiger partial charge in [0.15, 0.2) is 0 Å². The average molecular weight is 417 g/mol. The third kappa shape index (κ3) is 6.56. The number of nitrogens with one attached hydrogen (secondary N) is 1. The number of aliphatic carboxylic acids is 1. The van der Waals surface area contributed by atoms with Crippen molar-refractivity contribution in [2.45, 2.75) is 30.7 Å². The summed E-state index contributed by atoms with van der Waals surface area (Å²) in [5.41, 5.74) is 0.872. The van der Waals surface area contributed by atoms with Crippen molar-refractivity contribution < 1.29 is 24.6 Å². The molecule has 0 bridgehead atoms. The topological polar surface area (TPSA) is 129 Å². The van der Waals surface area contributed by atoms with Gasteiger partial charge >= 0.3 is 11.9 Å². The number of carboxylic acid groups (broad SMARTS) is 2. The molecule has 29 heavy (non-hydrogen) atoms. The number of pyridine rings is 2. The van der Waals surface area contributed by atoms with Crippen LogP contribution in [0, 0.1) is 11.8 Å². The highest BCUT2D eigenvalue weighted by molar-refractivity contribution is 7.98. The molecule has 0 aromatic carbocycles. The highest BCUT2D eigenvalue weighted by Gasteiger charge is 2.35. The summed E-state index contributed by atoms with van der Waals surface area (Å²) in [6, 6.07) is 6.62. The molecule has 3 N–H and O–H groups in total. The van der Waals surface area contributed by atoms with Crippen LogP contribution in [0.4, 0.5) is 5.69 Å². The zero-order valence-electron chi connectivity index (χ0n) is 15.9. The molecule has 2 aromatic rings. The second kappa shape index (κ2) is 11.2. The van der Waals surface area contributed by atoms with Gasteiger partial charge in [-0.2, -0.15) is 0 Å². The molecule has 1 aliphatic carbocycles. The number of nitrogens with zero attached hydrogens (tertiary/aromatic N) is 2. The minimum atomic E-state index is -0.928. The zero-order valence-corrected chi connectivity index (χ0v) is 16.8. The van der Waals surface area contributed by atoms with E-state index >= 15 is 0 Å². The number of anilines is 1. The number of hydrogen-bond donors (Lipinski definition) is 3. The predicted octanol–water partition coefficient (Wildman–Crippen LogP) is 3.41. The van der Waals surface area contributed by atoms with Gasteiger partial charge in [-0.05, 0) is 43.4 Å². The maximum absolute atomic E-state index is 12.1. The van der Waals surface area contributed by atoms with Crippen LogP contribution in [0.25, 0.3) is 0 Å². The summed E-state index contributed by atoms with van der Waals surface area (Å²) in [5, 5.41) is 21.1. The van der Waals surface area contributed by atoms with Gasteiger partial charge in [0.1, 0.15) is 5.03 Å². The fraction of sp³-hybridized carbons (Fsp3) is 0.350. The first-order valence-electron chi connectivity index (χ1n) is 9.10. The lowest BCUT2D eigenvalue weighted by Gasteiger charge is -2.27. The molecular weight excluding hydrogens is 394 g/mol. The largest absolute Gasteiger partial charge is 0.481 e. The van der Waals surface area contributed by atoms with Crippen molar-refractivity contribution in [1.82, 2.24) is 9.97 Å². The van der Waals surface area contributed by atoms with Gasteiger partial charge in [-0.15, -0.1) is 11.8 Å². The second-order valence-electron chi connectivity index (χ2n) is 6.43. The summed E-state index contributed by atoms with van der Waals surface area (Å²) in [4.78, 5) is 41.5. The summed E-state index contributed by atoms with van der Waals surface area (Å²) in [7, 11) is 0. The Morgan fingerprint density at radius 3 is 2.31 bits per heavy atom. The van der Waals surface area contributed by atoms with Crippen molar-refractivity contribution in [2.75, 3.05) is 11.6 Å². The molecule has 1 aliphatic rings. The molecule has 0 spiro atoms. The number of amides is 1. The summed E-state index contributed by atoms with van der Waals surface area (Å²) in [5.74, 6) is -3.01. The highest BCUT2D eigenvalue weighted by Crippen LogP contribution is 2.31. The predicted molar refractivity (Wildman–Crippen MR) is 109 cm³/mol. The van der Waals surface area contributed by atoms with Crippen molar-refractivity contribution in [1.29, 1.82) is 0 Å². The van der Waals surface area contributed by atoms with Gasteiger partial charge in [0.05, 0.1) is 29.3 Å². The molecule has 1 saturated carbocycles. The van der Waals surface area contributed by atoms with Crippen LogP contribution in [-0.4, -0.2) is 44.3 Å². The third-order valence-electron chi connectivity index (χ3n) is 4.54. The van der Waals surface area contributed by atoms with Crippen LogP contribution >= 0.6 is 11.8 Å². The lowest BCUT2D eigenvalue weighted by Crippen LogP contribution is -2.36. The number of aromatic nitrogens is 2. The number of thioether (sulfide) groups is 1. The van der Waals surface area contributed by atoms with Crippen molar-refractivity contribution in [3.05, 3.63) is 48.4 Å². The summed E-state index contributed by atoms with van der Waals surface area (Å²) < 4.78 is 0. The van der Waals surface area contributed by atoms with E-state index < -0.39 is 23.8 Å². The molecule has 3 rings (SSSR count). The van der Waals surface area contributed by atoms with Crippen molar-refractivity contribution in [2.24, 2.45) is 11.8 Å². The van der Waals surface area contributed by atoms with Crippen LogP contribution in [0.3, 0.4) is 0 Å². The van der Waals surface area contributed by atoms with Crippen molar-refractivity contribution in [3.63, 3.8) is 0 Å². The van der Waals surface area contributed by atoms with Gasteiger partial charge < -0.3 is 15.5 Å². The maximum Gasteiger partial charge on any atom is 0.338 e. The second-order valence-corrected chi connectivity index (χ2v) is 7.23. The molecule has 1 amide bonds. The number of carbonyl (C=O) groups is 3. The van der Waals surface area contributed by atoms with Crippen LogP contribution in [0.2, 0.25) is 0 Å². The fourth-order valence-electron chi connectivity index (χ4n) is 3.13. The van der Waals surface area contributed by atoms with E-state index in [2.05, 4.69) is 15.3 Å². The quantitative estimate of drug-likeness (QED) is 0.631. The molecule has 2 heterocycles.